The molecule has 78 valence electrons. The van der Waals surface area contributed by atoms with Crippen molar-refractivity contribution in [3.8, 4) is 0 Å². The number of hydrogen-bond donors (Lipinski definition) is 1. The molecular formula is C10H14FNOS. The van der Waals surface area contributed by atoms with Crippen molar-refractivity contribution in [2.24, 2.45) is 0 Å². The van der Waals surface area contributed by atoms with Gasteiger partial charge in [-0.25, -0.2) is 4.39 Å². The lowest BCUT2D eigenvalue weighted by Crippen LogP contribution is -2.05. The Hall–Kier alpha value is -0.740. The monoisotopic (exact) mass is 215 g/mol. The average molecular weight is 215 g/mol. The van der Waals surface area contributed by atoms with Crippen molar-refractivity contribution in [2.75, 3.05) is 19.5 Å². The predicted octanol–water partition coefficient (Wildman–Crippen LogP) is 2.53. The minimum Gasteiger partial charge on any atom is -0.398 e. The smallest absolute Gasteiger partial charge is 0.125 e. The van der Waals surface area contributed by atoms with Gasteiger partial charge in [-0.3, -0.25) is 0 Å². The number of nitrogens with two attached hydrogens (primary N) is 1. The van der Waals surface area contributed by atoms with E-state index in [1.807, 2.05) is 6.92 Å². The van der Waals surface area contributed by atoms with Crippen LogP contribution in [0, 0.1) is 5.82 Å². The van der Waals surface area contributed by atoms with E-state index in [1.54, 1.807) is 24.9 Å². The molecule has 1 aromatic rings. The third kappa shape index (κ3) is 3.20. The van der Waals surface area contributed by atoms with Crippen LogP contribution in [-0.2, 0) is 4.74 Å². The number of rotatable bonds is 4. The molecule has 0 aliphatic heterocycles. The van der Waals surface area contributed by atoms with E-state index in [9.17, 15) is 4.39 Å². The highest BCUT2D eigenvalue weighted by atomic mass is 32.2. The van der Waals surface area contributed by atoms with Crippen LogP contribution in [0.2, 0.25) is 0 Å². The number of anilines is 1. The number of thioether (sulfide) groups is 1. The molecule has 0 aliphatic carbocycles. The minimum absolute atomic E-state index is 0.300. The molecule has 0 aromatic heterocycles. The lowest BCUT2D eigenvalue weighted by molar-refractivity contribution is 0.203. The van der Waals surface area contributed by atoms with Crippen LogP contribution in [0.15, 0.2) is 23.1 Å². The van der Waals surface area contributed by atoms with E-state index in [2.05, 4.69) is 0 Å². The second kappa shape index (κ2) is 5.22. The maximum Gasteiger partial charge on any atom is 0.125 e. The highest BCUT2D eigenvalue weighted by Crippen LogP contribution is 2.29. The van der Waals surface area contributed by atoms with Gasteiger partial charge in [0.25, 0.3) is 0 Å². The largest absolute Gasteiger partial charge is 0.398 e. The number of benzene rings is 1. The summed E-state index contributed by atoms with van der Waals surface area (Å²) >= 11 is 1.59. The Labute approximate surface area is 87.6 Å². The summed E-state index contributed by atoms with van der Waals surface area (Å²) in [4.78, 5) is 0.899. The van der Waals surface area contributed by atoms with E-state index in [4.69, 9.17) is 10.5 Å². The molecule has 1 unspecified atom stereocenters. The first-order chi connectivity index (χ1) is 6.63. The molecule has 2 nitrogen and oxygen atoms in total. The highest BCUT2D eigenvalue weighted by Gasteiger charge is 2.07. The van der Waals surface area contributed by atoms with Gasteiger partial charge in [0.2, 0.25) is 0 Å². The minimum atomic E-state index is -0.300. The van der Waals surface area contributed by atoms with Gasteiger partial charge in [0, 0.05) is 22.9 Å². The maximum absolute atomic E-state index is 12.7. The van der Waals surface area contributed by atoms with Gasteiger partial charge in [-0.2, -0.15) is 0 Å². The zero-order valence-electron chi connectivity index (χ0n) is 8.29. The zero-order chi connectivity index (χ0) is 10.6. The molecule has 0 aliphatic rings. The summed E-state index contributed by atoms with van der Waals surface area (Å²) in [5, 5.41) is 0.313. The highest BCUT2D eigenvalue weighted by molar-refractivity contribution is 8.00. The normalized spacial score (nSPS) is 12.8. The fourth-order valence-corrected chi connectivity index (χ4v) is 2.09. The molecule has 0 fully saturated rings. The summed E-state index contributed by atoms with van der Waals surface area (Å²) in [6.07, 6.45) is 0. The Balaban J connectivity index is 2.67. The van der Waals surface area contributed by atoms with Crippen molar-refractivity contribution in [1.82, 2.24) is 0 Å². The Bertz CT molecular complexity index is 306. The van der Waals surface area contributed by atoms with E-state index in [0.717, 1.165) is 4.90 Å². The standard InChI is InChI=1S/C10H14FNOS/c1-7(6-13-2)14-10-4-3-8(11)5-9(10)12/h3-5,7H,6,12H2,1-2H3. The Kier molecular flexibility index (Phi) is 4.22. The summed E-state index contributed by atoms with van der Waals surface area (Å²) in [5.41, 5.74) is 6.15. The van der Waals surface area contributed by atoms with Crippen molar-refractivity contribution in [3.05, 3.63) is 24.0 Å². The van der Waals surface area contributed by atoms with E-state index >= 15 is 0 Å². The van der Waals surface area contributed by atoms with Gasteiger partial charge in [0.05, 0.1) is 6.61 Å². The Morgan fingerprint density at radius 1 is 1.57 bits per heavy atom. The van der Waals surface area contributed by atoms with Crippen LogP contribution in [0.3, 0.4) is 0 Å². The lowest BCUT2D eigenvalue weighted by Gasteiger charge is -2.11. The van der Waals surface area contributed by atoms with Crippen LogP contribution in [0.25, 0.3) is 0 Å². The first kappa shape index (κ1) is 11.3. The second-order valence-corrected chi connectivity index (χ2v) is 4.55. The molecule has 1 aromatic carbocycles. The number of nitrogen functional groups attached to an aromatic ring is 1. The molecule has 0 amide bonds. The quantitative estimate of drug-likeness (QED) is 0.619. The average Bonchev–Trinajstić information content (AvgIpc) is 2.10. The SMILES string of the molecule is COCC(C)Sc1ccc(F)cc1N. The molecule has 0 saturated heterocycles. The van der Waals surface area contributed by atoms with Crippen LogP contribution in [0.4, 0.5) is 10.1 Å². The van der Waals surface area contributed by atoms with Gasteiger partial charge in [-0.05, 0) is 18.2 Å². The molecule has 1 rings (SSSR count). The van der Waals surface area contributed by atoms with Gasteiger partial charge in [0.1, 0.15) is 5.82 Å². The summed E-state index contributed by atoms with van der Waals surface area (Å²) in [5.74, 6) is -0.300. The zero-order valence-corrected chi connectivity index (χ0v) is 9.10. The topological polar surface area (TPSA) is 35.2 Å². The van der Waals surface area contributed by atoms with Crippen molar-refractivity contribution >= 4 is 17.4 Å². The molecule has 0 radical (unpaired) electrons. The summed E-state index contributed by atoms with van der Waals surface area (Å²) in [6, 6.07) is 4.45. The van der Waals surface area contributed by atoms with Crippen LogP contribution >= 0.6 is 11.8 Å². The van der Waals surface area contributed by atoms with E-state index in [0.29, 0.717) is 17.5 Å². The molecule has 0 bridgehead atoms. The van der Waals surface area contributed by atoms with Crippen molar-refractivity contribution < 1.29 is 9.13 Å². The second-order valence-electron chi connectivity index (χ2n) is 3.07. The fourth-order valence-electron chi connectivity index (χ4n) is 1.11. The fraction of sp³-hybridized carbons (Fsp3) is 0.400. The van der Waals surface area contributed by atoms with Gasteiger partial charge in [-0.15, -0.1) is 11.8 Å². The van der Waals surface area contributed by atoms with Crippen LogP contribution in [-0.4, -0.2) is 19.0 Å². The first-order valence-electron chi connectivity index (χ1n) is 4.34. The van der Waals surface area contributed by atoms with Crippen LogP contribution < -0.4 is 5.73 Å². The summed E-state index contributed by atoms with van der Waals surface area (Å²) < 4.78 is 17.7. The van der Waals surface area contributed by atoms with Gasteiger partial charge in [0.15, 0.2) is 0 Å². The molecule has 4 heteroatoms. The molecule has 0 saturated carbocycles. The third-order valence-electron chi connectivity index (χ3n) is 1.70. The maximum atomic E-state index is 12.7. The Morgan fingerprint density at radius 2 is 2.29 bits per heavy atom. The van der Waals surface area contributed by atoms with Crippen molar-refractivity contribution in [1.29, 1.82) is 0 Å². The van der Waals surface area contributed by atoms with E-state index in [-0.39, 0.29) is 5.82 Å². The predicted molar refractivity (Wildman–Crippen MR) is 58.0 cm³/mol. The number of hydrogen-bond acceptors (Lipinski definition) is 3. The number of ether oxygens (including phenoxy) is 1. The summed E-state index contributed by atoms with van der Waals surface area (Å²) in [6.45, 7) is 2.69. The first-order valence-corrected chi connectivity index (χ1v) is 5.22. The van der Waals surface area contributed by atoms with Crippen molar-refractivity contribution in [3.63, 3.8) is 0 Å². The van der Waals surface area contributed by atoms with E-state index < -0.39 is 0 Å². The van der Waals surface area contributed by atoms with Gasteiger partial charge >= 0.3 is 0 Å². The lowest BCUT2D eigenvalue weighted by atomic mass is 10.3. The van der Waals surface area contributed by atoms with E-state index in [1.165, 1.54) is 12.1 Å². The van der Waals surface area contributed by atoms with Gasteiger partial charge < -0.3 is 10.5 Å². The molecule has 0 heterocycles. The third-order valence-corrected chi connectivity index (χ3v) is 2.87. The number of methoxy groups -OCH3 is 1. The molecule has 0 spiro atoms. The number of halogens is 1. The molecule has 2 N–H and O–H groups in total. The van der Waals surface area contributed by atoms with Crippen LogP contribution in [0.5, 0.6) is 0 Å². The summed E-state index contributed by atoms with van der Waals surface area (Å²) in [7, 11) is 1.66. The molecule has 1 atom stereocenters. The van der Waals surface area contributed by atoms with Crippen LogP contribution in [0.1, 0.15) is 6.92 Å². The van der Waals surface area contributed by atoms with Crippen molar-refractivity contribution in [2.45, 2.75) is 17.1 Å². The molecular weight excluding hydrogens is 201 g/mol. The van der Waals surface area contributed by atoms with Gasteiger partial charge in [-0.1, -0.05) is 6.92 Å². The molecule has 14 heavy (non-hydrogen) atoms. The Morgan fingerprint density at radius 3 is 2.86 bits per heavy atom.